The molecule has 0 saturated carbocycles. The summed E-state index contributed by atoms with van der Waals surface area (Å²) in [5, 5.41) is 6.55. The van der Waals surface area contributed by atoms with Crippen molar-refractivity contribution < 1.29 is 14.3 Å². The first kappa shape index (κ1) is 20.6. The average Bonchev–Trinajstić information content (AvgIpc) is 2.61. The van der Waals surface area contributed by atoms with Crippen molar-refractivity contribution in [1.29, 1.82) is 0 Å². The second-order valence-electron chi connectivity index (χ2n) is 6.08. The van der Waals surface area contributed by atoms with Crippen LogP contribution in [0.1, 0.15) is 19.8 Å². The summed E-state index contributed by atoms with van der Waals surface area (Å²) in [7, 11) is 0. The molecule has 0 atom stereocenters. The molecule has 1 heterocycles. The first-order chi connectivity index (χ1) is 12.4. The van der Waals surface area contributed by atoms with Gasteiger partial charge in [0, 0.05) is 38.7 Å². The Balaban J connectivity index is 1.89. The van der Waals surface area contributed by atoms with Crippen LogP contribution in [0.3, 0.4) is 0 Å². The van der Waals surface area contributed by atoms with Crippen molar-refractivity contribution in [2.45, 2.75) is 25.8 Å². The Hall–Kier alpha value is -1.76. The third-order valence-electron chi connectivity index (χ3n) is 4.08. The predicted molar refractivity (Wildman–Crippen MR) is 104 cm³/mol. The molecule has 26 heavy (non-hydrogen) atoms. The summed E-state index contributed by atoms with van der Waals surface area (Å²) in [6.45, 7) is 7.09. The summed E-state index contributed by atoms with van der Waals surface area (Å²) in [4.78, 5) is 25.4. The molecule has 8 heteroatoms. The largest absolute Gasteiger partial charge is 0.482 e. The summed E-state index contributed by atoms with van der Waals surface area (Å²) in [6.07, 6.45) is 3.62. The second kappa shape index (κ2) is 9.80. The Labute approximate surface area is 163 Å². The van der Waals surface area contributed by atoms with Gasteiger partial charge in [0.15, 0.2) is 6.61 Å². The Kier molecular flexibility index (Phi) is 7.75. The van der Waals surface area contributed by atoms with E-state index in [1.165, 1.54) is 19.1 Å². The van der Waals surface area contributed by atoms with E-state index in [0.717, 1.165) is 19.4 Å². The topological polar surface area (TPSA) is 70.7 Å². The molecular formula is C18H23Cl2N3O3. The van der Waals surface area contributed by atoms with Gasteiger partial charge in [-0.15, -0.1) is 6.58 Å². The van der Waals surface area contributed by atoms with E-state index in [1.54, 1.807) is 4.90 Å². The minimum Gasteiger partial charge on any atom is -0.482 e. The minimum absolute atomic E-state index is 0.0979. The van der Waals surface area contributed by atoms with Crippen LogP contribution in [-0.2, 0) is 9.59 Å². The van der Waals surface area contributed by atoms with Gasteiger partial charge in [-0.3, -0.25) is 9.59 Å². The molecule has 0 unspecified atom stereocenters. The molecule has 142 valence electrons. The number of carbonyl (C=O) groups excluding carboxylic acids is 2. The number of benzene rings is 1. The van der Waals surface area contributed by atoms with Crippen molar-refractivity contribution in [2.24, 2.45) is 0 Å². The van der Waals surface area contributed by atoms with Gasteiger partial charge in [0.2, 0.25) is 5.91 Å². The molecule has 0 radical (unpaired) electrons. The fourth-order valence-corrected chi connectivity index (χ4v) is 3.22. The number of anilines is 1. The van der Waals surface area contributed by atoms with Crippen LogP contribution in [0.2, 0.25) is 10.0 Å². The SMILES string of the molecule is C=CCNC1CCN(C(=O)COc2cc(NC(C)=O)c(Cl)cc2Cl)CC1. The van der Waals surface area contributed by atoms with Crippen LogP contribution in [0.4, 0.5) is 5.69 Å². The molecular weight excluding hydrogens is 377 g/mol. The molecule has 0 spiro atoms. The summed E-state index contributed by atoms with van der Waals surface area (Å²) in [5.74, 6) is -0.0563. The summed E-state index contributed by atoms with van der Waals surface area (Å²) >= 11 is 12.1. The molecule has 1 aliphatic heterocycles. The van der Waals surface area contributed by atoms with Crippen molar-refractivity contribution in [2.75, 3.05) is 31.6 Å². The number of amides is 2. The molecule has 0 bridgehead atoms. The standard InChI is InChI=1S/C18H23Cl2N3O3/c1-3-6-21-13-4-7-23(8-5-13)18(25)11-26-17-10-16(22-12(2)24)14(19)9-15(17)20/h3,9-10,13,21H,1,4-8,11H2,2H3,(H,22,24). The van der Waals surface area contributed by atoms with Crippen LogP contribution >= 0.6 is 23.2 Å². The third kappa shape index (κ3) is 5.90. The van der Waals surface area contributed by atoms with Crippen molar-refractivity contribution in [1.82, 2.24) is 10.2 Å². The first-order valence-electron chi connectivity index (χ1n) is 8.42. The molecule has 0 aromatic heterocycles. The monoisotopic (exact) mass is 399 g/mol. The number of ether oxygens (including phenoxy) is 1. The zero-order valence-corrected chi connectivity index (χ0v) is 16.2. The highest BCUT2D eigenvalue weighted by atomic mass is 35.5. The van der Waals surface area contributed by atoms with E-state index in [0.29, 0.717) is 35.6 Å². The van der Waals surface area contributed by atoms with E-state index in [1.807, 2.05) is 6.08 Å². The van der Waals surface area contributed by atoms with Gasteiger partial charge in [0.25, 0.3) is 5.91 Å². The highest BCUT2D eigenvalue weighted by molar-refractivity contribution is 6.37. The van der Waals surface area contributed by atoms with Gasteiger partial charge in [0.1, 0.15) is 5.75 Å². The van der Waals surface area contributed by atoms with Gasteiger partial charge in [-0.2, -0.15) is 0 Å². The van der Waals surface area contributed by atoms with Gasteiger partial charge in [-0.1, -0.05) is 29.3 Å². The maximum Gasteiger partial charge on any atom is 0.260 e. The van der Waals surface area contributed by atoms with Crippen molar-refractivity contribution >= 4 is 40.7 Å². The fourth-order valence-electron chi connectivity index (χ4n) is 2.74. The van der Waals surface area contributed by atoms with Gasteiger partial charge in [0.05, 0.1) is 15.7 Å². The quantitative estimate of drug-likeness (QED) is 0.691. The van der Waals surface area contributed by atoms with Gasteiger partial charge in [-0.25, -0.2) is 0 Å². The smallest absolute Gasteiger partial charge is 0.260 e. The van der Waals surface area contributed by atoms with E-state index in [2.05, 4.69) is 17.2 Å². The maximum absolute atomic E-state index is 12.4. The minimum atomic E-state index is -0.260. The normalized spacial score (nSPS) is 14.8. The number of rotatable bonds is 7. The molecule has 1 fully saturated rings. The molecule has 1 aromatic carbocycles. The lowest BCUT2D eigenvalue weighted by atomic mass is 10.1. The van der Waals surface area contributed by atoms with Crippen molar-refractivity contribution in [3.8, 4) is 5.75 Å². The molecule has 6 nitrogen and oxygen atoms in total. The van der Waals surface area contributed by atoms with E-state index in [-0.39, 0.29) is 23.4 Å². The lowest BCUT2D eigenvalue weighted by Gasteiger charge is -2.32. The number of carbonyl (C=O) groups is 2. The molecule has 1 saturated heterocycles. The molecule has 0 aliphatic carbocycles. The molecule has 2 rings (SSSR count). The number of nitrogens with zero attached hydrogens (tertiary/aromatic N) is 1. The average molecular weight is 400 g/mol. The fraction of sp³-hybridized carbons (Fsp3) is 0.444. The highest BCUT2D eigenvalue weighted by Crippen LogP contribution is 2.34. The molecule has 1 aliphatic rings. The molecule has 2 amide bonds. The summed E-state index contributed by atoms with van der Waals surface area (Å²) < 4.78 is 5.56. The van der Waals surface area contributed by atoms with Gasteiger partial charge >= 0.3 is 0 Å². The summed E-state index contributed by atoms with van der Waals surface area (Å²) in [6, 6.07) is 3.40. The predicted octanol–water partition coefficient (Wildman–Crippen LogP) is 3.10. The van der Waals surface area contributed by atoms with E-state index < -0.39 is 0 Å². The number of halogens is 2. The lowest BCUT2D eigenvalue weighted by molar-refractivity contribution is -0.134. The number of hydrogen-bond acceptors (Lipinski definition) is 4. The Morgan fingerprint density at radius 1 is 1.31 bits per heavy atom. The van der Waals surface area contributed by atoms with Crippen LogP contribution in [-0.4, -0.2) is 49.0 Å². The summed E-state index contributed by atoms with van der Waals surface area (Å²) in [5.41, 5.74) is 0.389. The Morgan fingerprint density at radius 2 is 2.00 bits per heavy atom. The van der Waals surface area contributed by atoms with Crippen LogP contribution in [0.15, 0.2) is 24.8 Å². The second-order valence-corrected chi connectivity index (χ2v) is 6.90. The van der Waals surface area contributed by atoms with Crippen molar-refractivity contribution in [3.63, 3.8) is 0 Å². The van der Waals surface area contributed by atoms with Crippen LogP contribution in [0, 0.1) is 0 Å². The highest BCUT2D eigenvalue weighted by Gasteiger charge is 2.22. The number of likely N-dealkylation sites (tertiary alicyclic amines) is 1. The van der Waals surface area contributed by atoms with Crippen LogP contribution in [0.25, 0.3) is 0 Å². The number of hydrogen-bond donors (Lipinski definition) is 2. The number of nitrogens with one attached hydrogen (secondary N) is 2. The van der Waals surface area contributed by atoms with Gasteiger partial charge in [-0.05, 0) is 18.9 Å². The van der Waals surface area contributed by atoms with Crippen molar-refractivity contribution in [3.05, 3.63) is 34.8 Å². The van der Waals surface area contributed by atoms with E-state index in [9.17, 15) is 9.59 Å². The van der Waals surface area contributed by atoms with Crippen LogP contribution < -0.4 is 15.4 Å². The van der Waals surface area contributed by atoms with Gasteiger partial charge < -0.3 is 20.3 Å². The number of piperidine rings is 1. The van der Waals surface area contributed by atoms with E-state index in [4.69, 9.17) is 27.9 Å². The van der Waals surface area contributed by atoms with Crippen LogP contribution in [0.5, 0.6) is 5.75 Å². The zero-order valence-electron chi connectivity index (χ0n) is 14.7. The van der Waals surface area contributed by atoms with E-state index >= 15 is 0 Å². The first-order valence-corrected chi connectivity index (χ1v) is 9.17. The zero-order chi connectivity index (χ0) is 19.1. The lowest BCUT2D eigenvalue weighted by Crippen LogP contribution is -2.46. The molecule has 2 N–H and O–H groups in total. The Bertz CT molecular complexity index is 674. The third-order valence-corrected chi connectivity index (χ3v) is 4.69. The Morgan fingerprint density at radius 3 is 2.62 bits per heavy atom. The maximum atomic E-state index is 12.4. The molecule has 1 aromatic rings.